The Morgan fingerprint density at radius 2 is 1.83 bits per heavy atom. The summed E-state index contributed by atoms with van der Waals surface area (Å²) >= 11 is 2.60. The summed E-state index contributed by atoms with van der Waals surface area (Å²) in [6.07, 6.45) is -5.83. The van der Waals surface area contributed by atoms with Crippen LogP contribution in [0.2, 0.25) is 0 Å². The van der Waals surface area contributed by atoms with E-state index in [2.05, 4.69) is 30.8 Å². The third-order valence-electron chi connectivity index (χ3n) is 6.88. The lowest BCUT2D eigenvalue weighted by atomic mass is 10.1. The molecule has 1 aromatic heterocycles. The molecule has 228 valence electrons. The van der Waals surface area contributed by atoms with E-state index in [1.54, 1.807) is 20.8 Å². The largest absolute Gasteiger partial charge is 0.469 e. The lowest BCUT2D eigenvalue weighted by Gasteiger charge is -2.24. The van der Waals surface area contributed by atoms with E-state index in [1.165, 1.54) is 20.0 Å². The molecule has 3 aliphatic heterocycles. The van der Waals surface area contributed by atoms with Crippen LogP contribution in [0, 0.1) is 5.82 Å². The summed E-state index contributed by atoms with van der Waals surface area (Å²) in [4.78, 5) is 23.1. The van der Waals surface area contributed by atoms with E-state index in [9.17, 15) is 31.1 Å². The zero-order chi connectivity index (χ0) is 30.3. The van der Waals surface area contributed by atoms with Crippen molar-refractivity contribution in [2.75, 3.05) is 33.3 Å². The Labute approximate surface area is 241 Å². The van der Waals surface area contributed by atoms with Gasteiger partial charge in [-0.3, -0.25) is 4.90 Å². The number of hydrogen-bond acceptors (Lipinski definition) is 7. The van der Waals surface area contributed by atoms with Crippen molar-refractivity contribution in [1.29, 1.82) is 0 Å². The molecule has 4 unspecified atom stereocenters. The second-order valence-electron chi connectivity index (χ2n) is 11.1. The van der Waals surface area contributed by atoms with E-state index in [0.717, 1.165) is 17.9 Å². The van der Waals surface area contributed by atoms with E-state index in [-0.39, 0.29) is 13.1 Å². The van der Waals surface area contributed by atoms with Gasteiger partial charge in [0.05, 0.1) is 35.6 Å². The zero-order valence-electron chi connectivity index (χ0n) is 22.9. The van der Waals surface area contributed by atoms with Gasteiger partial charge in [0.1, 0.15) is 17.3 Å². The normalized spacial score (nSPS) is 24.7. The average Bonchev–Trinajstić information content (AvgIpc) is 3.55. The van der Waals surface area contributed by atoms with Crippen LogP contribution in [0.15, 0.2) is 10.5 Å². The zero-order valence-corrected chi connectivity index (χ0v) is 24.5. The van der Waals surface area contributed by atoms with Gasteiger partial charge in [0.25, 0.3) is 0 Å². The number of carbonyl (C=O) groups excluding carboxylic acids is 1. The molecule has 8 nitrogen and oxygen atoms in total. The van der Waals surface area contributed by atoms with Crippen molar-refractivity contribution in [1.82, 2.24) is 19.8 Å². The Morgan fingerprint density at radius 3 is 2.44 bits per heavy atom. The molecule has 15 heteroatoms. The van der Waals surface area contributed by atoms with Gasteiger partial charge < -0.3 is 19.1 Å². The van der Waals surface area contributed by atoms with Crippen molar-refractivity contribution >= 4 is 32.9 Å². The van der Waals surface area contributed by atoms with Gasteiger partial charge in [0, 0.05) is 12.6 Å². The fraction of sp³-hybridized carbons (Fsp3) is 0.654. The molecule has 3 saturated heterocycles. The van der Waals surface area contributed by atoms with Gasteiger partial charge in [-0.15, -0.1) is 0 Å². The monoisotopic (exact) mass is 656 g/mol. The van der Waals surface area contributed by atoms with Crippen LogP contribution in [0.3, 0.4) is 0 Å². The maximum atomic E-state index is 14.7. The summed E-state index contributed by atoms with van der Waals surface area (Å²) in [5, 5.41) is -0.429. The summed E-state index contributed by atoms with van der Waals surface area (Å²) in [5.74, 6) is -1.82. The highest BCUT2D eigenvalue weighted by Crippen LogP contribution is 2.41. The summed E-state index contributed by atoms with van der Waals surface area (Å²) in [6.45, 7) is 6.18. The quantitative estimate of drug-likeness (QED) is 0.370. The van der Waals surface area contributed by atoms with E-state index in [1.807, 2.05) is 0 Å². The van der Waals surface area contributed by atoms with E-state index in [0.29, 0.717) is 18.7 Å². The van der Waals surface area contributed by atoms with Crippen molar-refractivity contribution in [3.63, 3.8) is 0 Å². The molecule has 3 fully saturated rings. The molecule has 4 atom stereocenters. The van der Waals surface area contributed by atoms with Crippen LogP contribution in [0.4, 0.5) is 31.1 Å². The number of hydrogen-bond donors (Lipinski definition) is 0. The van der Waals surface area contributed by atoms with E-state index in [4.69, 9.17) is 14.2 Å². The van der Waals surface area contributed by atoms with Gasteiger partial charge in [-0.25, -0.2) is 18.0 Å². The van der Waals surface area contributed by atoms with Crippen molar-refractivity contribution < 1.29 is 45.3 Å². The minimum Gasteiger partial charge on any atom is -0.469 e. The first-order chi connectivity index (χ1) is 19.1. The third kappa shape index (κ3) is 7.27. The van der Waals surface area contributed by atoms with E-state index >= 15 is 0 Å². The molecular weight excluding hydrogens is 626 g/mol. The number of likely N-dealkylation sites (tertiary alicyclic amines) is 1. The smallest absolute Gasteiger partial charge is 0.417 e. The SMILES string of the molecule is COc1nc(OC2CN(C(=O)OC(C)(C)C)CC2F)c2cc(C(F)(F)F)c(Br)c(F)c2n1.FC1CC2CCCN2C1. The molecule has 0 radical (unpaired) electrons. The Hall–Kier alpha value is -2.55. The topological polar surface area (TPSA) is 77.0 Å². The van der Waals surface area contributed by atoms with Gasteiger partial charge in [-0.05, 0) is 68.6 Å². The highest BCUT2D eigenvalue weighted by molar-refractivity contribution is 9.10. The van der Waals surface area contributed by atoms with Crippen LogP contribution in [0.5, 0.6) is 11.9 Å². The minimum absolute atomic E-state index is 0.255. The number of methoxy groups -OCH3 is 1. The van der Waals surface area contributed by atoms with Gasteiger partial charge in [-0.1, -0.05) is 0 Å². The average molecular weight is 657 g/mol. The lowest BCUT2D eigenvalue weighted by molar-refractivity contribution is -0.138. The minimum atomic E-state index is -4.89. The molecule has 0 bridgehead atoms. The summed E-state index contributed by atoms with van der Waals surface area (Å²) in [5.41, 5.74) is -2.64. The maximum Gasteiger partial charge on any atom is 0.417 e. The van der Waals surface area contributed by atoms with Crippen LogP contribution in [0.1, 0.15) is 45.6 Å². The van der Waals surface area contributed by atoms with Gasteiger partial charge in [0.15, 0.2) is 18.1 Å². The number of nitrogens with zero attached hydrogens (tertiary/aromatic N) is 4. The first-order valence-electron chi connectivity index (χ1n) is 13.0. The van der Waals surface area contributed by atoms with Crippen LogP contribution >= 0.6 is 15.9 Å². The van der Waals surface area contributed by atoms with Gasteiger partial charge in [0.2, 0.25) is 5.88 Å². The van der Waals surface area contributed by atoms with Gasteiger partial charge >= 0.3 is 18.3 Å². The van der Waals surface area contributed by atoms with Crippen LogP contribution < -0.4 is 9.47 Å². The summed E-state index contributed by atoms with van der Waals surface area (Å²) < 4.78 is 96.7. The number of aromatic nitrogens is 2. The predicted octanol–water partition coefficient (Wildman–Crippen LogP) is 6.09. The Balaban J connectivity index is 0.000000360. The Bertz CT molecular complexity index is 1270. The van der Waals surface area contributed by atoms with Crippen molar-refractivity contribution in [3.05, 3.63) is 21.9 Å². The number of rotatable bonds is 3. The molecule has 5 rings (SSSR count). The second-order valence-corrected chi connectivity index (χ2v) is 11.9. The second kappa shape index (κ2) is 12.0. The highest BCUT2D eigenvalue weighted by Gasteiger charge is 2.41. The third-order valence-corrected chi connectivity index (χ3v) is 7.65. The number of carbonyl (C=O) groups is 1. The molecule has 1 amide bonds. The summed E-state index contributed by atoms with van der Waals surface area (Å²) in [6, 6.07) is 0.820. The number of alkyl halides is 5. The molecule has 4 heterocycles. The molecule has 3 aliphatic rings. The van der Waals surface area contributed by atoms with Crippen molar-refractivity contribution in [2.24, 2.45) is 0 Å². The number of fused-ring (bicyclic) bond motifs is 2. The van der Waals surface area contributed by atoms with Crippen LogP contribution in [-0.2, 0) is 10.9 Å². The number of amides is 1. The summed E-state index contributed by atoms with van der Waals surface area (Å²) in [7, 11) is 1.17. The fourth-order valence-electron chi connectivity index (χ4n) is 5.03. The molecule has 1 aromatic carbocycles. The molecule has 0 N–H and O–H groups in total. The molecule has 0 spiro atoms. The Kier molecular flexibility index (Phi) is 9.17. The van der Waals surface area contributed by atoms with Crippen LogP contribution in [0.25, 0.3) is 10.9 Å². The van der Waals surface area contributed by atoms with Crippen molar-refractivity contribution in [2.45, 2.75) is 76.3 Å². The molecular formula is C26H31BrF6N4O4. The maximum absolute atomic E-state index is 14.7. The highest BCUT2D eigenvalue weighted by atomic mass is 79.9. The molecule has 41 heavy (non-hydrogen) atoms. The van der Waals surface area contributed by atoms with Gasteiger partial charge in [-0.2, -0.15) is 23.1 Å². The molecule has 0 saturated carbocycles. The number of ether oxygens (including phenoxy) is 3. The van der Waals surface area contributed by atoms with Crippen molar-refractivity contribution in [3.8, 4) is 11.9 Å². The number of halogens is 7. The van der Waals surface area contributed by atoms with Crippen LogP contribution in [-0.4, -0.2) is 89.2 Å². The predicted molar refractivity (Wildman–Crippen MR) is 140 cm³/mol. The van der Waals surface area contributed by atoms with E-state index < -0.39 is 75.0 Å². The number of benzene rings is 1. The first kappa shape index (κ1) is 31.4. The lowest BCUT2D eigenvalue weighted by Crippen LogP contribution is -2.36. The molecule has 0 aliphatic carbocycles. The fourth-order valence-corrected chi connectivity index (χ4v) is 5.56. The Morgan fingerprint density at radius 1 is 1.12 bits per heavy atom. The standard InChI is InChI=1S/C19H19BrF5N3O4.C7H12FN/c1-18(2,3)32-17(29)28-6-10(21)11(7-28)31-15-8-5-9(19(23,24)25)12(20)13(22)14(8)26-16(27-15)30-4;8-6-4-7-2-1-3-9(7)5-6/h5,10-11H,6-7H2,1-4H3;6-7H,1-5H2. The molecule has 2 aromatic rings. The first-order valence-corrected chi connectivity index (χ1v) is 13.8.